The molecule has 3 aromatic rings. The molecule has 2 aromatic heterocycles. The molecule has 0 fully saturated rings. The number of non-ortho nitro benzene ring substituents is 1. The second-order valence-corrected chi connectivity index (χ2v) is 5.32. The van der Waals surface area contributed by atoms with Gasteiger partial charge in [0, 0.05) is 24.0 Å². The van der Waals surface area contributed by atoms with Crippen LogP contribution >= 0.6 is 11.3 Å². The number of aromatic nitrogens is 3. The Balaban J connectivity index is 1.89. The van der Waals surface area contributed by atoms with Crippen LogP contribution in [0.2, 0.25) is 0 Å². The van der Waals surface area contributed by atoms with E-state index in [2.05, 4.69) is 20.3 Å². The summed E-state index contributed by atoms with van der Waals surface area (Å²) in [7, 11) is 0. The van der Waals surface area contributed by atoms with Crippen molar-refractivity contribution in [3.8, 4) is 10.6 Å². The van der Waals surface area contributed by atoms with Crippen molar-refractivity contribution in [2.45, 2.75) is 6.92 Å². The standard InChI is InChI=1S/C14H11N5O2S/c1-9-13(22-8-16-9)12-5-6-15-14(18-12)17-10-3-2-4-11(7-10)19(20)21/h2-8H,1H3,(H,15,17,18). The van der Waals surface area contributed by atoms with Gasteiger partial charge in [0.05, 0.1) is 26.7 Å². The first-order chi connectivity index (χ1) is 10.6. The smallest absolute Gasteiger partial charge is 0.271 e. The summed E-state index contributed by atoms with van der Waals surface area (Å²) in [6, 6.07) is 8.01. The minimum Gasteiger partial charge on any atom is -0.324 e. The first kappa shape index (κ1) is 14.1. The van der Waals surface area contributed by atoms with Gasteiger partial charge in [0.15, 0.2) is 0 Å². The van der Waals surface area contributed by atoms with Crippen LogP contribution in [0.1, 0.15) is 5.69 Å². The van der Waals surface area contributed by atoms with E-state index in [1.807, 2.05) is 6.92 Å². The van der Waals surface area contributed by atoms with Crippen molar-refractivity contribution in [2.75, 3.05) is 5.32 Å². The molecule has 7 nitrogen and oxygen atoms in total. The van der Waals surface area contributed by atoms with Crippen LogP contribution in [-0.2, 0) is 0 Å². The Morgan fingerprint density at radius 3 is 2.86 bits per heavy atom. The van der Waals surface area contributed by atoms with Crippen LogP contribution in [0.25, 0.3) is 10.6 Å². The number of hydrogen-bond donors (Lipinski definition) is 1. The van der Waals surface area contributed by atoms with Gasteiger partial charge in [-0.15, -0.1) is 11.3 Å². The summed E-state index contributed by atoms with van der Waals surface area (Å²) in [4.78, 5) is 24.1. The van der Waals surface area contributed by atoms with E-state index in [4.69, 9.17) is 0 Å². The zero-order chi connectivity index (χ0) is 15.5. The van der Waals surface area contributed by atoms with E-state index in [9.17, 15) is 10.1 Å². The predicted octanol–water partition coefficient (Wildman–Crippen LogP) is 3.56. The lowest BCUT2D eigenvalue weighted by molar-refractivity contribution is -0.384. The summed E-state index contributed by atoms with van der Waals surface area (Å²) < 4.78 is 0. The van der Waals surface area contributed by atoms with Crippen molar-refractivity contribution in [3.63, 3.8) is 0 Å². The quantitative estimate of drug-likeness (QED) is 0.584. The molecule has 8 heteroatoms. The summed E-state index contributed by atoms with van der Waals surface area (Å²) in [6.07, 6.45) is 1.64. The van der Waals surface area contributed by atoms with Crippen molar-refractivity contribution in [3.05, 3.63) is 57.8 Å². The minimum atomic E-state index is -0.441. The number of rotatable bonds is 4. The maximum Gasteiger partial charge on any atom is 0.271 e. The molecule has 0 spiro atoms. The summed E-state index contributed by atoms with van der Waals surface area (Å²) >= 11 is 1.51. The van der Waals surface area contributed by atoms with Gasteiger partial charge >= 0.3 is 0 Å². The fraction of sp³-hybridized carbons (Fsp3) is 0.0714. The third-order valence-corrected chi connectivity index (χ3v) is 3.90. The van der Waals surface area contributed by atoms with Crippen molar-refractivity contribution >= 4 is 28.7 Å². The second kappa shape index (κ2) is 5.86. The van der Waals surface area contributed by atoms with Crippen LogP contribution < -0.4 is 5.32 Å². The monoisotopic (exact) mass is 313 g/mol. The lowest BCUT2D eigenvalue weighted by atomic mass is 10.3. The first-order valence-electron chi connectivity index (χ1n) is 6.38. The number of thiazole rings is 1. The third kappa shape index (κ3) is 2.91. The Hall–Kier alpha value is -2.87. The lowest BCUT2D eigenvalue weighted by Gasteiger charge is -2.06. The fourth-order valence-electron chi connectivity index (χ4n) is 1.92. The number of anilines is 2. The number of benzene rings is 1. The third-order valence-electron chi connectivity index (χ3n) is 2.95. The van der Waals surface area contributed by atoms with Crippen LogP contribution in [0.3, 0.4) is 0 Å². The molecular formula is C14H11N5O2S. The van der Waals surface area contributed by atoms with Crippen LogP contribution in [0, 0.1) is 17.0 Å². The highest BCUT2D eigenvalue weighted by Crippen LogP contribution is 2.26. The normalized spacial score (nSPS) is 10.4. The SMILES string of the molecule is Cc1ncsc1-c1ccnc(Nc2cccc([N+](=O)[O-])c2)n1. The van der Waals surface area contributed by atoms with E-state index in [1.54, 1.807) is 29.9 Å². The molecule has 2 heterocycles. The molecule has 3 rings (SSSR count). The van der Waals surface area contributed by atoms with Gasteiger partial charge in [0.25, 0.3) is 5.69 Å². The molecule has 22 heavy (non-hydrogen) atoms. The summed E-state index contributed by atoms with van der Waals surface area (Å²) in [5.41, 5.74) is 4.01. The second-order valence-electron chi connectivity index (χ2n) is 4.46. The summed E-state index contributed by atoms with van der Waals surface area (Å²) in [6.45, 7) is 1.92. The molecular weight excluding hydrogens is 302 g/mol. The molecule has 0 aliphatic carbocycles. The van der Waals surface area contributed by atoms with Gasteiger partial charge in [-0.3, -0.25) is 10.1 Å². The van der Waals surface area contributed by atoms with Crippen LogP contribution in [0.15, 0.2) is 42.0 Å². The molecule has 0 radical (unpaired) electrons. The molecule has 0 saturated carbocycles. The van der Waals surface area contributed by atoms with Gasteiger partial charge in [0.2, 0.25) is 5.95 Å². The van der Waals surface area contributed by atoms with Crippen molar-refractivity contribution in [1.82, 2.24) is 15.0 Å². The molecule has 0 saturated heterocycles. The van der Waals surface area contributed by atoms with Gasteiger partial charge < -0.3 is 5.32 Å². The Bertz CT molecular complexity index is 833. The van der Waals surface area contributed by atoms with Crippen molar-refractivity contribution in [1.29, 1.82) is 0 Å². The van der Waals surface area contributed by atoms with E-state index < -0.39 is 4.92 Å². The maximum absolute atomic E-state index is 10.8. The van der Waals surface area contributed by atoms with E-state index in [1.165, 1.54) is 23.5 Å². The lowest BCUT2D eigenvalue weighted by Crippen LogP contribution is -1.98. The Morgan fingerprint density at radius 2 is 2.14 bits per heavy atom. The number of nitro benzene ring substituents is 1. The molecule has 0 unspecified atom stereocenters. The van der Waals surface area contributed by atoms with E-state index in [0.29, 0.717) is 11.6 Å². The van der Waals surface area contributed by atoms with Gasteiger partial charge in [-0.1, -0.05) is 6.07 Å². The van der Waals surface area contributed by atoms with Crippen LogP contribution in [-0.4, -0.2) is 19.9 Å². The van der Waals surface area contributed by atoms with Gasteiger partial charge in [-0.05, 0) is 19.1 Å². The van der Waals surface area contributed by atoms with Crippen LogP contribution in [0.5, 0.6) is 0 Å². The van der Waals surface area contributed by atoms with Crippen molar-refractivity contribution < 1.29 is 4.92 Å². The zero-order valence-electron chi connectivity index (χ0n) is 11.6. The van der Waals surface area contributed by atoms with E-state index >= 15 is 0 Å². The predicted molar refractivity (Wildman–Crippen MR) is 84.3 cm³/mol. The average molecular weight is 313 g/mol. The Morgan fingerprint density at radius 1 is 1.27 bits per heavy atom. The van der Waals surface area contributed by atoms with Gasteiger partial charge in [-0.2, -0.15) is 0 Å². The molecule has 0 atom stereocenters. The number of hydrogen-bond acceptors (Lipinski definition) is 7. The fourth-order valence-corrected chi connectivity index (χ4v) is 2.69. The Kier molecular flexibility index (Phi) is 3.75. The highest BCUT2D eigenvalue weighted by atomic mass is 32.1. The average Bonchev–Trinajstić information content (AvgIpc) is 2.94. The maximum atomic E-state index is 10.8. The molecule has 0 aliphatic heterocycles. The summed E-state index contributed by atoms with van der Waals surface area (Å²) in [5.74, 6) is 0.380. The molecule has 0 bridgehead atoms. The van der Waals surface area contributed by atoms with E-state index in [-0.39, 0.29) is 5.69 Å². The molecule has 1 aromatic carbocycles. The largest absolute Gasteiger partial charge is 0.324 e. The molecule has 0 aliphatic rings. The molecule has 1 N–H and O–H groups in total. The molecule has 0 amide bonds. The highest BCUT2D eigenvalue weighted by Gasteiger charge is 2.09. The zero-order valence-corrected chi connectivity index (χ0v) is 12.4. The summed E-state index contributed by atoms with van der Waals surface area (Å²) in [5, 5.41) is 13.8. The molecule has 110 valence electrons. The van der Waals surface area contributed by atoms with E-state index in [0.717, 1.165) is 16.3 Å². The number of nitro groups is 1. The number of aryl methyl sites for hydroxylation is 1. The topological polar surface area (TPSA) is 93.8 Å². The highest BCUT2D eigenvalue weighted by molar-refractivity contribution is 7.13. The Labute approximate surface area is 129 Å². The van der Waals surface area contributed by atoms with Crippen LogP contribution in [0.4, 0.5) is 17.3 Å². The number of nitrogens with zero attached hydrogens (tertiary/aromatic N) is 4. The van der Waals surface area contributed by atoms with Crippen molar-refractivity contribution in [2.24, 2.45) is 0 Å². The first-order valence-corrected chi connectivity index (χ1v) is 7.26. The van der Waals surface area contributed by atoms with Gasteiger partial charge in [-0.25, -0.2) is 15.0 Å². The minimum absolute atomic E-state index is 0.0134. The number of nitrogens with one attached hydrogen (secondary N) is 1. The van der Waals surface area contributed by atoms with Gasteiger partial charge in [0.1, 0.15) is 0 Å².